The molecule has 0 aliphatic carbocycles. The maximum atomic E-state index is 13.5. The summed E-state index contributed by atoms with van der Waals surface area (Å²) >= 11 is 0. The van der Waals surface area contributed by atoms with Gasteiger partial charge in [0, 0.05) is 25.7 Å². The third-order valence-electron chi connectivity index (χ3n) is 5.55. The molecular weight excluding hydrogens is 526 g/mol. The van der Waals surface area contributed by atoms with E-state index >= 15 is 0 Å². The summed E-state index contributed by atoms with van der Waals surface area (Å²) in [7, 11) is 1.49. The van der Waals surface area contributed by atoms with E-state index in [1.807, 2.05) is 0 Å². The first-order chi connectivity index (χ1) is 18.0. The average Bonchev–Trinajstić information content (AvgIpc) is 3.26. The summed E-state index contributed by atoms with van der Waals surface area (Å²) in [4.78, 5) is 42.3. The van der Waals surface area contributed by atoms with Crippen LogP contribution in [0.3, 0.4) is 0 Å². The Bertz CT molecular complexity index is 1330. The highest BCUT2D eigenvalue weighted by Gasteiger charge is 2.41. The summed E-state index contributed by atoms with van der Waals surface area (Å²) < 4.78 is 61.8. The highest BCUT2D eigenvalue weighted by molar-refractivity contribution is 6.10. The number of aliphatic imine (C=N–C) groups is 1. The number of amides is 2. The quantitative estimate of drug-likeness (QED) is 0.220. The molecule has 0 N–H and O–H groups in total. The van der Waals surface area contributed by atoms with Gasteiger partial charge < -0.3 is 24.3 Å². The highest BCUT2D eigenvalue weighted by Crippen LogP contribution is 2.33. The SMILES string of the molecule is CN(CCC1=NC=C[N+]1(C(=O)[O-])c1ccc(OC(=O)c2ccc(F)c(C(F)(F)F)c2)cc1)C(=O)OC(C)(C)C. The van der Waals surface area contributed by atoms with Crippen molar-refractivity contribution in [3.05, 3.63) is 71.8 Å². The number of carbonyl (C=O) groups is 3. The number of benzene rings is 2. The van der Waals surface area contributed by atoms with Crippen LogP contribution in [0.1, 0.15) is 43.1 Å². The predicted octanol–water partition coefficient (Wildman–Crippen LogP) is 4.85. The minimum Gasteiger partial charge on any atom is -0.497 e. The van der Waals surface area contributed by atoms with Crippen LogP contribution in [0, 0.1) is 5.82 Å². The molecule has 1 aliphatic heterocycles. The Labute approximate surface area is 221 Å². The number of quaternary nitrogens is 1. The molecule has 0 radical (unpaired) electrons. The van der Waals surface area contributed by atoms with Crippen molar-refractivity contribution in [2.75, 3.05) is 13.6 Å². The maximum Gasteiger partial charge on any atom is 0.419 e. The average molecular weight is 551 g/mol. The lowest BCUT2D eigenvalue weighted by molar-refractivity contribution is -0.257. The minimum atomic E-state index is -5.01. The summed E-state index contributed by atoms with van der Waals surface area (Å²) in [6, 6.07) is 6.80. The van der Waals surface area contributed by atoms with Crippen LogP contribution in [-0.2, 0) is 10.9 Å². The van der Waals surface area contributed by atoms with Gasteiger partial charge in [-0.25, -0.2) is 19.0 Å². The Balaban J connectivity index is 1.77. The fourth-order valence-electron chi connectivity index (χ4n) is 3.63. The highest BCUT2D eigenvalue weighted by atomic mass is 19.4. The van der Waals surface area contributed by atoms with Gasteiger partial charge in [-0.05, 0) is 51.1 Å². The summed E-state index contributed by atoms with van der Waals surface area (Å²) in [6.07, 6.45) is -4.57. The molecule has 2 aromatic rings. The van der Waals surface area contributed by atoms with E-state index in [1.165, 1.54) is 48.6 Å². The largest absolute Gasteiger partial charge is 0.497 e. The monoisotopic (exact) mass is 551 g/mol. The van der Waals surface area contributed by atoms with E-state index in [9.17, 15) is 37.1 Å². The van der Waals surface area contributed by atoms with E-state index in [1.54, 1.807) is 20.8 Å². The summed E-state index contributed by atoms with van der Waals surface area (Å²) in [6.45, 7) is 5.21. The Hall–Kier alpha value is -4.26. The standard InChI is InChI=1S/C26H25F4N3O6/c1-25(2,3)39-23(35)32(4)13-11-21-31-12-14-33(21,24(36)37)17-6-8-18(9-7-17)38-22(34)16-5-10-20(27)19(15-16)26(28,29)30/h5-10,12,14-15H,11,13H2,1-4H3. The third kappa shape index (κ3) is 6.60. The van der Waals surface area contributed by atoms with Crippen LogP contribution in [-0.4, -0.2) is 48.1 Å². The molecule has 0 spiro atoms. The van der Waals surface area contributed by atoms with Crippen molar-refractivity contribution in [2.45, 2.75) is 39.0 Å². The molecule has 1 atom stereocenters. The van der Waals surface area contributed by atoms with Crippen LogP contribution in [0.2, 0.25) is 0 Å². The number of carboxylic acid groups (broad SMARTS) is 1. The molecule has 39 heavy (non-hydrogen) atoms. The second kappa shape index (κ2) is 10.8. The number of hydrogen-bond donors (Lipinski definition) is 0. The molecule has 208 valence electrons. The van der Waals surface area contributed by atoms with Crippen LogP contribution in [0.25, 0.3) is 0 Å². The molecule has 0 saturated heterocycles. The van der Waals surface area contributed by atoms with Crippen molar-refractivity contribution in [2.24, 2.45) is 4.99 Å². The molecule has 9 nitrogen and oxygen atoms in total. The number of ether oxygens (including phenoxy) is 2. The molecule has 0 bridgehead atoms. The Morgan fingerprint density at radius 1 is 1.05 bits per heavy atom. The molecule has 2 amide bonds. The van der Waals surface area contributed by atoms with Crippen molar-refractivity contribution < 1.29 is 46.5 Å². The van der Waals surface area contributed by atoms with Crippen LogP contribution in [0.5, 0.6) is 5.75 Å². The van der Waals surface area contributed by atoms with E-state index in [0.29, 0.717) is 12.1 Å². The molecule has 1 heterocycles. The molecule has 1 unspecified atom stereocenters. The van der Waals surface area contributed by atoms with Crippen molar-refractivity contribution >= 4 is 29.7 Å². The topological polar surface area (TPSA) is 108 Å². The van der Waals surface area contributed by atoms with Gasteiger partial charge in [-0.15, -0.1) is 0 Å². The third-order valence-corrected chi connectivity index (χ3v) is 5.55. The van der Waals surface area contributed by atoms with Gasteiger partial charge in [-0.2, -0.15) is 17.7 Å². The number of carbonyl (C=O) groups excluding carboxylic acids is 3. The van der Waals surface area contributed by atoms with Crippen molar-refractivity contribution in [1.29, 1.82) is 0 Å². The summed E-state index contributed by atoms with van der Waals surface area (Å²) in [5, 5.41) is 12.3. The Morgan fingerprint density at radius 2 is 1.69 bits per heavy atom. The zero-order chi connectivity index (χ0) is 29.2. The van der Waals surface area contributed by atoms with Crippen LogP contribution in [0.15, 0.2) is 59.9 Å². The molecule has 0 aromatic heterocycles. The lowest BCUT2D eigenvalue weighted by Crippen LogP contribution is -2.59. The number of esters is 1. The molecular formula is C26H25F4N3O6. The molecule has 1 aliphatic rings. The summed E-state index contributed by atoms with van der Waals surface area (Å²) in [5.74, 6) is -2.69. The van der Waals surface area contributed by atoms with Crippen LogP contribution < -0.4 is 14.3 Å². The number of halogens is 4. The van der Waals surface area contributed by atoms with Crippen molar-refractivity contribution in [3.8, 4) is 5.75 Å². The predicted molar refractivity (Wildman–Crippen MR) is 130 cm³/mol. The van der Waals surface area contributed by atoms with E-state index in [0.717, 1.165) is 6.07 Å². The van der Waals surface area contributed by atoms with Gasteiger partial charge in [0.2, 0.25) is 5.84 Å². The van der Waals surface area contributed by atoms with Crippen molar-refractivity contribution in [1.82, 2.24) is 9.38 Å². The van der Waals surface area contributed by atoms with Gasteiger partial charge >= 0.3 is 18.2 Å². The number of hydrogen-bond acceptors (Lipinski definition) is 7. The number of rotatable bonds is 6. The lowest BCUT2D eigenvalue weighted by atomic mass is 10.1. The van der Waals surface area contributed by atoms with Gasteiger partial charge in [0.15, 0.2) is 0 Å². The second-order valence-electron chi connectivity index (χ2n) is 9.56. The zero-order valence-corrected chi connectivity index (χ0v) is 21.4. The first-order valence-corrected chi connectivity index (χ1v) is 11.5. The first-order valence-electron chi connectivity index (χ1n) is 11.5. The van der Waals surface area contributed by atoms with E-state index < -0.39 is 51.4 Å². The van der Waals surface area contributed by atoms with Gasteiger partial charge in [0.1, 0.15) is 29.1 Å². The number of alkyl halides is 3. The van der Waals surface area contributed by atoms with Crippen molar-refractivity contribution in [3.63, 3.8) is 0 Å². The smallest absolute Gasteiger partial charge is 0.419 e. The Morgan fingerprint density at radius 3 is 2.26 bits per heavy atom. The maximum absolute atomic E-state index is 13.5. The second-order valence-corrected chi connectivity index (χ2v) is 9.56. The van der Waals surface area contributed by atoms with Gasteiger partial charge in [0.05, 0.1) is 23.7 Å². The van der Waals surface area contributed by atoms with Crippen LogP contribution >= 0.6 is 0 Å². The van der Waals surface area contributed by atoms with E-state index in [2.05, 4.69) is 4.99 Å². The van der Waals surface area contributed by atoms with E-state index in [-0.39, 0.29) is 30.2 Å². The fourth-order valence-corrected chi connectivity index (χ4v) is 3.63. The first kappa shape index (κ1) is 29.3. The number of amidine groups is 1. The summed E-state index contributed by atoms with van der Waals surface area (Å²) in [5.41, 5.74) is -2.72. The zero-order valence-electron chi connectivity index (χ0n) is 21.4. The molecule has 0 saturated carbocycles. The van der Waals surface area contributed by atoms with E-state index in [4.69, 9.17) is 9.47 Å². The molecule has 0 fully saturated rings. The number of nitrogens with zero attached hydrogens (tertiary/aromatic N) is 3. The minimum absolute atomic E-state index is 0.0412. The molecule has 2 aromatic carbocycles. The van der Waals surface area contributed by atoms with Gasteiger partial charge in [-0.3, -0.25) is 0 Å². The normalized spacial score (nSPS) is 17.0. The van der Waals surface area contributed by atoms with Gasteiger partial charge in [0.25, 0.3) is 6.09 Å². The molecule has 3 rings (SSSR count). The van der Waals surface area contributed by atoms with Crippen LogP contribution in [0.4, 0.5) is 32.8 Å². The van der Waals surface area contributed by atoms with Gasteiger partial charge in [-0.1, -0.05) is 0 Å². The fraction of sp³-hybridized carbons (Fsp3) is 0.308. The Kier molecular flexibility index (Phi) is 8.15. The molecule has 13 heteroatoms. The lowest BCUT2D eigenvalue weighted by Gasteiger charge is -2.32.